The third-order valence-electron chi connectivity index (χ3n) is 5.01. The molecule has 1 aromatic carbocycles. The van der Waals surface area contributed by atoms with E-state index in [1.54, 1.807) is 12.5 Å². The number of aromatic amines is 1. The third-order valence-corrected chi connectivity index (χ3v) is 5.01. The number of hydrogen-bond donors (Lipinski definition) is 1. The minimum Gasteiger partial charge on any atom is -0.348 e. The predicted molar refractivity (Wildman–Crippen MR) is 91.1 cm³/mol. The van der Waals surface area contributed by atoms with Crippen molar-refractivity contribution in [3.05, 3.63) is 54.1 Å². The van der Waals surface area contributed by atoms with Crippen molar-refractivity contribution in [2.75, 3.05) is 6.54 Å². The highest BCUT2D eigenvalue weighted by molar-refractivity contribution is 6.05. The SMILES string of the molecule is CCC(c1ccccc1)C1C(=O)N(CCc2cnc[nH]2)C(=O)C1C. The van der Waals surface area contributed by atoms with Gasteiger partial charge in [0.2, 0.25) is 11.8 Å². The van der Waals surface area contributed by atoms with Gasteiger partial charge in [-0.25, -0.2) is 4.98 Å². The first-order chi connectivity index (χ1) is 11.6. The van der Waals surface area contributed by atoms with E-state index in [1.165, 1.54) is 4.90 Å². The molecule has 126 valence electrons. The second-order valence-electron chi connectivity index (χ2n) is 6.39. The Balaban J connectivity index is 1.79. The van der Waals surface area contributed by atoms with E-state index in [9.17, 15) is 9.59 Å². The summed E-state index contributed by atoms with van der Waals surface area (Å²) in [5.41, 5.74) is 2.07. The number of rotatable bonds is 6. The van der Waals surface area contributed by atoms with Crippen molar-refractivity contribution in [3.63, 3.8) is 0 Å². The highest BCUT2D eigenvalue weighted by Gasteiger charge is 2.48. The highest BCUT2D eigenvalue weighted by Crippen LogP contribution is 2.39. The molecule has 2 aromatic rings. The first-order valence-electron chi connectivity index (χ1n) is 8.51. The van der Waals surface area contributed by atoms with Crippen LogP contribution in [0.4, 0.5) is 0 Å². The van der Waals surface area contributed by atoms with Crippen molar-refractivity contribution in [1.82, 2.24) is 14.9 Å². The Morgan fingerprint density at radius 3 is 2.58 bits per heavy atom. The van der Waals surface area contributed by atoms with Crippen molar-refractivity contribution in [1.29, 1.82) is 0 Å². The monoisotopic (exact) mass is 325 g/mol. The summed E-state index contributed by atoms with van der Waals surface area (Å²) in [6, 6.07) is 10.0. The van der Waals surface area contributed by atoms with Crippen molar-refractivity contribution in [3.8, 4) is 0 Å². The molecule has 3 rings (SSSR count). The van der Waals surface area contributed by atoms with Gasteiger partial charge in [-0.1, -0.05) is 44.2 Å². The lowest BCUT2D eigenvalue weighted by Gasteiger charge is -2.23. The minimum absolute atomic E-state index is 0.0391. The third kappa shape index (κ3) is 2.98. The lowest BCUT2D eigenvalue weighted by molar-refractivity contribution is -0.139. The van der Waals surface area contributed by atoms with E-state index < -0.39 is 0 Å². The number of nitrogens with zero attached hydrogens (tertiary/aromatic N) is 2. The second kappa shape index (κ2) is 6.99. The number of benzene rings is 1. The zero-order chi connectivity index (χ0) is 17.1. The summed E-state index contributed by atoms with van der Waals surface area (Å²) < 4.78 is 0. The molecular formula is C19H23N3O2. The molecule has 5 heteroatoms. The molecule has 1 aliphatic rings. The van der Waals surface area contributed by atoms with Crippen LogP contribution in [-0.2, 0) is 16.0 Å². The Morgan fingerprint density at radius 1 is 1.21 bits per heavy atom. The quantitative estimate of drug-likeness (QED) is 0.831. The largest absolute Gasteiger partial charge is 0.348 e. The van der Waals surface area contributed by atoms with Crippen LogP contribution < -0.4 is 0 Å². The first-order valence-corrected chi connectivity index (χ1v) is 8.51. The van der Waals surface area contributed by atoms with Crippen molar-refractivity contribution < 1.29 is 9.59 Å². The van der Waals surface area contributed by atoms with Crippen molar-refractivity contribution >= 4 is 11.8 Å². The van der Waals surface area contributed by atoms with Gasteiger partial charge in [0.25, 0.3) is 0 Å². The Hall–Kier alpha value is -2.43. The molecule has 2 heterocycles. The number of hydrogen-bond acceptors (Lipinski definition) is 3. The fourth-order valence-electron chi connectivity index (χ4n) is 3.69. The van der Waals surface area contributed by atoms with Gasteiger partial charge in [0, 0.05) is 30.8 Å². The molecule has 0 saturated carbocycles. The maximum absolute atomic E-state index is 12.9. The lowest BCUT2D eigenvalue weighted by Crippen LogP contribution is -2.33. The molecule has 3 unspecified atom stereocenters. The molecular weight excluding hydrogens is 302 g/mol. The maximum atomic E-state index is 12.9. The van der Waals surface area contributed by atoms with E-state index >= 15 is 0 Å². The molecule has 1 aromatic heterocycles. The van der Waals surface area contributed by atoms with Gasteiger partial charge in [-0.2, -0.15) is 0 Å². The fourth-order valence-corrected chi connectivity index (χ4v) is 3.69. The summed E-state index contributed by atoms with van der Waals surface area (Å²) in [6.07, 6.45) is 4.78. The number of carbonyl (C=O) groups is 2. The van der Waals surface area contributed by atoms with E-state index in [4.69, 9.17) is 0 Å². The number of imide groups is 1. The molecule has 0 spiro atoms. The molecule has 1 saturated heterocycles. The molecule has 1 aliphatic heterocycles. The molecule has 0 bridgehead atoms. The van der Waals surface area contributed by atoms with Gasteiger partial charge in [-0.3, -0.25) is 14.5 Å². The van der Waals surface area contributed by atoms with E-state index in [0.29, 0.717) is 13.0 Å². The van der Waals surface area contributed by atoms with E-state index in [-0.39, 0.29) is 29.6 Å². The summed E-state index contributed by atoms with van der Waals surface area (Å²) in [4.78, 5) is 34.0. The van der Waals surface area contributed by atoms with Crippen LogP contribution in [0.25, 0.3) is 0 Å². The van der Waals surface area contributed by atoms with Crippen LogP contribution in [0, 0.1) is 11.8 Å². The van der Waals surface area contributed by atoms with Crippen molar-refractivity contribution in [2.45, 2.75) is 32.6 Å². The van der Waals surface area contributed by atoms with Crippen LogP contribution in [0.5, 0.6) is 0 Å². The standard InChI is InChI=1S/C19H23N3O2/c1-3-16(14-7-5-4-6-8-14)17-13(2)18(23)22(19(17)24)10-9-15-11-20-12-21-15/h4-8,11-13,16-17H,3,9-10H2,1-2H3,(H,20,21). The van der Waals surface area contributed by atoms with Gasteiger partial charge in [-0.05, 0) is 17.9 Å². The molecule has 0 aliphatic carbocycles. The number of amides is 2. The molecule has 2 amide bonds. The van der Waals surface area contributed by atoms with Crippen molar-refractivity contribution in [2.24, 2.45) is 11.8 Å². The Labute approximate surface area is 142 Å². The summed E-state index contributed by atoms with van der Waals surface area (Å²) in [5.74, 6) is -0.562. The van der Waals surface area contributed by atoms with Gasteiger partial charge in [0.1, 0.15) is 0 Å². The van der Waals surface area contributed by atoms with E-state index in [0.717, 1.165) is 17.7 Å². The van der Waals surface area contributed by atoms with Gasteiger partial charge in [-0.15, -0.1) is 0 Å². The fraction of sp³-hybridized carbons (Fsp3) is 0.421. The number of H-pyrrole nitrogens is 1. The zero-order valence-corrected chi connectivity index (χ0v) is 14.1. The summed E-state index contributed by atoms with van der Waals surface area (Å²) in [5, 5.41) is 0. The van der Waals surface area contributed by atoms with Gasteiger partial charge < -0.3 is 4.98 Å². The Bertz CT molecular complexity index is 697. The Kier molecular flexibility index (Phi) is 4.79. The Morgan fingerprint density at radius 2 is 1.96 bits per heavy atom. The second-order valence-corrected chi connectivity index (χ2v) is 6.39. The molecule has 0 radical (unpaired) electrons. The lowest BCUT2D eigenvalue weighted by atomic mass is 9.78. The van der Waals surface area contributed by atoms with E-state index in [1.807, 2.05) is 37.3 Å². The molecule has 24 heavy (non-hydrogen) atoms. The van der Waals surface area contributed by atoms with Gasteiger partial charge in [0.15, 0.2) is 0 Å². The number of nitrogens with one attached hydrogen (secondary N) is 1. The number of aromatic nitrogens is 2. The first kappa shape index (κ1) is 16.4. The van der Waals surface area contributed by atoms with Crippen LogP contribution in [0.15, 0.2) is 42.9 Å². The maximum Gasteiger partial charge on any atom is 0.233 e. The predicted octanol–water partition coefficient (Wildman–Crippen LogP) is 2.77. The smallest absolute Gasteiger partial charge is 0.233 e. The summed E-state index contributed by atoms with van der Waals surface area (Å²) >= 11 is 0. The number of likely N-dealkylation sites (tertiary alicyclic amines) is 1. The molecule has 1 N–H and O–H groups in total. The topological polar surface area (TPSA) is 66.1 Å². The number of imidazole rings is 1. The average Bonchev–Trinajstić information content (AvgIpc) is 3.19. The summed E-state index contributed by atoms with van der Waals surface area (Å²) in [7, 11) is 0. The summed E-state index contributed by atoms with van der Waals surface area (Å²) in [6.45, 7) is 4.37. The van der Waals surface area contributed by atoms with Crippen LogP contribution in [0.1, 0.15) is 37.4 Å². The highest BCUT2D eigenvalue weighted by atomic mass is 16.2. The minimum atomic E-state index is -0.274. The zero-order valence-electron chi connectivity index (χ0n) is 14.1. The van der Waals surface area contributed by atoms with Gasteiger partial charge in [0.05, 0.1) is 12.2 Å². The average molecular weight is 325 g/mol. The molecule has 1 fully saturated rings. The normalized spacial score (nSPS) is 22.2. The molecule has 3 atom stereocenters. The van der Waals surface area contributed by atoms with Crippen LogP contribution in [0.2, 0.25) is 0 Å². The number of carbonyl (C=O) groups excluding carboxylic acids is 2. The van der Waals surface area contributed by atoms with Crippen LogP contribution in [0.3, 0.4) is 0 Å². The van der Waals surface area contributed by atoms with Crippen LogP contribution >= 0.6 is 0 Å². The molecule has 5 nitrogen and oxygen atoms in total. The van der Waals surface area contributed by atoms with E-state index in [2.05, 4.69) is 16.9 Å². The van der Waals surface area contributed by atoms with Gasteiger partial charge >= 0.3 is 0 Å². The van der Waals surface area contributed by atoms with Crippen LogP contribution in [-0.4, -0.2) is 33.2 Å².